The number of carbonyl (C=O) groups is 1. The van der Waals surface area contributed by atoms with Gasteiger partial charge in [-0.3, -0.25) is 4.79 Å². The summed E-state index contributed by atoms with van der Waals surface area (Å²) in [5.74, 6) is 0.204. The van der Waals surface area contributed by atoms with Gasteiger partial charge in [-0.2, -0.15) is 0 Å². The van der Waals surface area contributed by atoms with Gasteiger partial charge in [0.25, 0.3) is 0 Å². The van der Waals surface area contributed by atoms with E-state index < -0.39 is 17.5 Å². The van der Waals surface area contributed by atoms with Crippen LogP contribution < -0.4 is 4.74 Å². The Morgan fingerprint density at radius 2 is 1.50 bits per heavy atom. The molecule has 0 amide bonds. The summed E-state index contributed by atoms with van der Waals surface area (Å²) < 4.78 is 10.8. The molecule has 0 spiro atoms. The van der Waals surface area contributed by atoms with Gasteiger partial charge >= 0.3 is 5.97 Å². The van der Waals surface area contributed by atoms with Gasteiger partial charge in [-0.1, -0.05) is 72.8 Å². The molecule has 0 aromatic heterocycles. The first-order valence-electron chi connectivity index (χ1n) is 9.14. The summed E-state index contributed by atoms with van der Waals surface area (Å²) >= 11 is 0. The number of benzene rings is 3. The maximum atomic E-state index is 12.6. The van der Waals surface area contributed by atoms with Crippen LogP contribution in [-0.4, -0.2) is 18.2 Å². The second kappa shape index (κ2) is 8.72. The van der Waals surface area contributed by atoms with Crippen molar-refractivity contribution in [1.82, 2.24) is 0 Å². The summed E-state index contributed by atoms with van der Waals surface area (Å²) in [5.41, 5.74) is 1.17. The van der Waals surface area contributed by atoms with E-state index in [-0.39, 0.29) is 0 Å². The van der Waals surface area contributed by atoms with E-state index in [4.69, 9.17) is 9.47 Å². The Hall–Kier alpha value is -3.11. The molecule has 0 saturated heterocycles. The minimum Gasteiger partial charge on any atom is -0.489 e. The van der Waals surface area contributed by atoms with Crippen molar-refractivity contribution < 1.29 is 19.4 Å². The molecule has 4 heteroatoms. The number of carbonyl (C=O) groups excluding carboxylic acids is 1. The molecule has 3 rings (SSSR count). The van der Waals surface area contributed by atoms with Gasteiger partial charge in [0.05, 0.1) is 13.2 Å². The molecule has 0 unspecified atom stereocenters. The summed E-state index contributed by atoms with van der Waals surface area (Å²) in [7, 11) is 1.33. The fourth-order valence-corrected chi connectivity index (χ4v) is 3.20. The van der Waals surface area contributed by atoms with Crippen LogP contribution in [0.1, 0.15) is 29.7 Å². The highest BCUT2D eigenvalue weighted by Crippen LogP contribution is 2.38. The van der Waals surface area contributed by atoms with Crippen LogP contribution in [0.25, 0.3) is 0 Å². The Morgan fingerprint density at radius 1 is 0.929 bits per heavy atom. The molecule has 0 fully saturated rings. The molecule has 28 heavy (non-hydrogen) atoms. The van der Waals surface area contributed by atoms with Crippen molar-refractivity contribution in [3.63, 3.8) is 0 Å². The Balaban J connectivity index is 1.80. The first kappa shape index (κ1) is 19.6. The van der Waals surface area contributed by atoms with Crippen LogP contribution in [0.15, 0.2) is 84.9 Å². The molecular formula is C24H24O4. The normalized spacial score (nSPS) is 14.0. The van der Waals surface area contributed by atoms with Crippen LogP contribution in [0.4, 0.5) is 0 Å². The molecule has 0 radical (unpaired) electrons. The van der Waals surface area contributed by atoms with E-state index in [0.29, 0.717) is 23.5 Å². The van der Waals surface area contributed by atoms with Crippen LogP contribution in [-0.2, 0) is 21.6 Å². The van der Waals surface area contributed by atoms with Crippen molar-refractivity contribution in [3.05, 3.63) is 102 Å². The summed E-state index contributed by atoms with van der Waals surface area (Å²) in [6.07, 6.45) is -1.06. The van der Waals surface area contributed by atoms with E-state index in [1.807, 2.05) is 60.7 Å². The quantitative estimate of drug-likeness (QED) is 0.620. The number of rotatable bonds is 7. The molecule has 3 aromatic rings. The smallest absolute Gasteiger partial charge is 0.319 e. The first-order chi connectivity index (χ1) is 13.6. The maximum Gasteiger partial charge on any atom is 0.319 e. The standard InChI is InChI=1S/C24H24O4/c1-24(23(26)27-2,20-11-7-4-8-12-20)22(25)19-13-15-21(16-14-19)28-17-18-9-5-3-6-10-18/h3-16,22,25H,17H2,1-2H3/t22-,24+/m0/s1. The molecule has 2 atom stereocenters. The fraction of sp³-hybridized carbons (Fsp3) is 0.208. The van der Waals surface area contributed by atoms with Crippen molar-refractivity contribution in [2.45, 2.75) is 25.0 Å². The van der Waals surface area contributed by atoms with Crippen LogP contribution in [0, 0.1) is 0 Å². The summed E-state index contributed by atoms with van der Waals surface area (Å²) in [4.78, 5) is 12.6. The molecule has 0 aliphatic rings. The molecule has 0 aliphatic heterocycles. The molecule has 1 N–H and O–H groups in total. The van der Waals surface area contributed by atoms with Gasteiger partial charge in [-0.25, -0.2) is 0 Å². The van der Waals surface area contributed by atoms with E-state index in [2.05, 4.69) is 0 Å². The number of ether oxygens (including phenoxy) is 2. The zero-order valence-corrected chi connectivity index (χ0v) is 16.0. The number of hydrogen-bond acceptors (Lipinski definition) is 4. The topological polar surface area (TPSA) is 55.8 Å². The average molecular weight is 376 g/mol. The van der Waals surface area contributed by atoms with E-state index in [9.17, 15) is 9.90 Å². The number of esters is 1. The number of hydrogen-bond donors (Lipinski definition) is 1. The fourth-order valence-electron chi connectivity index (χ4n) is 3.20. The van der Waals surface area contributed by atoms with Gasteiger partial charge in [-0.15, -0.1) is 0 Å². The second-order valence-electron chi connectivity index (χ2n) is 6.81. The zero-order chi connectivity index (χ0) is 20.0. The van der Waals surface area contributed by atoms with Crippen LogP contribution >= 0.6 is 0 Å². The van der Waals surface area contributed by atoms with Crippen LogP contribution in [0.3, 0.4) is 0 Å². The molecule has 0 aliphatic carbocycles. The molecule has 4 nitrogen and oxygen atoms in total. The minimum atomic E-state index is -1.22. The van der Waals surface area contributed by atoms with Gasteiger partial charge in [0.2, 0.25) is 0 Å². The molecule has 3 aromatic carbocycles. The lowest BCUT2D eigenvalue weighted by Crippen LogP contribution is -2.40. The predicted molar refractivity (Wildman–Crippen MR) is 108 cm³/mol. The summed E-state index contributed by atoms with van der Waals surface area (Å²) in [6, 6.07) is 26.2. The lowest BCUT2D eigenvalue weighted by molar-refractivity contribution is -0.152. The average Bonchev–Trinajstić information content (AvgIpc) is 2.77. The largest absolute Gasteiger partial charge is 0.489 e. The highest BCUT2D eigenvalue weighted by Gasteiger charge is 2.44. The Kier molecular flexibility index (Phi) is 6.12. The van der Waals surface area contributed by atoms with Gasteiger partial charge in [0.15, 0.2) is 0 Å². The maximum absolute atomic E-state index is 12.6. The third-order valence-corrected chi connectivity index (χ3v) is 4.97. The Labute approximate surface area is 165 Å². The third-order valence-electron chi connectivity index (χ3n) is 4.97. The van der Waals surface area contributed by atoms with Crippen LogP contribution in [0.5, 0.6) is 5.75 Å². The van der Waals surface area contributed by atoms with E-state index in [1.165, 1.54) is 7.11 Å². The van der Waals surface area contributed by atoms with Crippen LogP contribution in [0.2, 0.25) is 0 Å². The van der Waals surface area contributed by atoms with Gasteiger partial charge in [0, 0.05) is 0 Å². The van der Waals surface area contributed by atoms with Gasteiger partial charge < -0.3 is 14.6 Å². The lowest BCUT2D eigenvalue weighted by atomic mass is 9.75. The van der Waals surface area contributed by atoms with Gasteiger partial charge in [-0.05, 0) is 35.7 Å². The van der Waals surface area contributed by atoms with Gasteiger partial charge in [0.1, 0.15) is 17.8 Å². The predicted octanol–water partition coefficient (Wildman–Crippen LogP) is 4.43. The molecule has 0 bridgehead atoms. The minimum absolute atomic E-state index is 0.465. The molecule has 0 heterocycles. The van der Waals surface area contributed by atoms with Crippen molar-refractivity contribution >= 4 is 5.97 Å². The molecular weight excluding hydrogens is 352 g/mol. The third kappa shape index (κ3) is 4.07. The summed E-state index contributed by atoms with van der Waals surface area (Å²) in [5, 5.41) is 11.1. The van der Waals surface area contributed by atoms with Crippen molar-refractivity contribution in [1.29, 1.82) is 0 Å². The van der Waals surface area contributed by atoms with Crippen molar-refractivity contribution in [3.8, 4) is 5.75 Å². The number of aliphatic hydroxyl groups excluding tert-OH is 1. The Bertz CT molecular complexity index is 891. The van der Waals surface area contributed by atoms with E-state index in [0.717, 1.165) is 5.56 Å². The van der Waals surface area contributed by atoms with Crippen molar-refractivity contribution in [2.75, 3.05) is 7.11 Å². The van der Waals surface area contributed by atoms with Crippen molar-refractivity contribution in [2.24, 2.45) is 0 Å². The lowest BCUT2D eigenvalue weighted by Gasteiger charge is -2.32. The molecule has 144 valence electrons. The number of aliphatic hydroxyl groups is 1. The monoisotopic (exact) mass is 376 g/mol. The highest BCUT2D eigenvalue weighted by atomic mass is 16.5. The van der Waals surface area contributed by atoms with E-state index in [1.54, 1.807) is 31.2 Å². The molecule has 0 saturated carbocycles. The second-order valence-corrected chi connectivity index (χ2v) is 6.81. The number of methoxy groups -OCH3 is 1. The highest BCUT2D eigenvalue weighted by molar-refractivity contribution is 5.83. The van der Waals surface area contributed by atoms with E-state index >= 15 is 0 Å². The SMILES string of the molecule is COC(=O)[C@](C)(c1ccccc1)[C@@H](O)c1ccc(OCc2ccccc2)cc1. The first-order valence-corrected chi connectivity index (χ1v) is 9.14. The Morgan fingerprint density at radius 3 is 2.07 bits per heavy atom. The summed E-state index contributed by atoms with van der Waals surface area (Å²) in [6.45, 7) is 2.16. The zero-order valence-electron chi connectivity index (χ0n) is 16.0.